The molecule has 5 nitrogen and oxygen atoms in total. The fourth-order valence-electron chi connectivity index (χ4n) is 3.65. The van der Waals surface area contributed by atoms with Crippen molar-refractivity contribution in [1.82, 2.24) is 9.19 Å². The van der Waals surface area contributed by atoms with Crippen molar-refractivity contribution in [3.8, 4) is 0 Å². The van der Waals surface area contributed by atoms with E-state index in [1.54, 1.807) is 0 Å². The summed E-state index contributed by atoms with van der Waals surface area (Å²) in [7, 11) is -4.58. The predicted octanol–water partition coefficient (Wildman–Crippen LogP) is 4.95. The van der Waals surface area contributed by atoms with Gasteiger partial charge in [0, 0.05) is 12.5 Å². The monoisotopic (exact) mass is 495 g/mol. The van der Waals surface area contributed by atoms with Gasteiger partial charge in [-0.05, 0) is 23.8 Å². The van der Waals surface area contributed by atoms with Crippen LogP contribution in [0.3, 0.4) is 0 Å². The zero-order valence-electron chi connectivity index (χ0n) is 16.9. The van der Waals surface area contributed by atoms with E-state index in [1.807, 2.05) is 0 Å². The number of rotatable bonds is 5. The largest absolute Gasteiger partial charge is 0.342 e. The van der Waals surface area contributed by atoms with Crippen LogP contribution in [0.25, 0.3) is 10.9 Å². The Labute approximate surface area is 183 Å². The summed E-state index contributed by atoms with van der Waals surface area (Å²) in [6.07, 6.45) is 0. The number of aromatic nitrogens is 2. The van der Waals surface area contributed by atoms with E-state index in [0.717, 1.165) is 24.3 Å². The molecule has 0 unspecified atom stereocenters. The summed E-state index contributed by atoms with van der Waals surface area (Å²) in [4.78, 5) is 0.0445. The van der Waals surface area contributed by atoms with Crippen molar-refractivity contribution >= 4 is 26.7 Å². The average molecular weight is 495 g/mol. The quantitative estimate of drug-likeness (QED) is 0.471. The van der Waals surface area contributed by atoms with Crippen molar-refractivity contribution < 1.29 is 39.2 Å². The zero-order chi connectivity index (χ0) is 24.4. The van der Waals surface area contributed by atoms with Gasteiger partial charge in [0.2, 0.25) is 0 Å². The van der Waals surface area contributed by atoms with Crippen molar-refractivity contribution in [2.24, 2.45) is 0 Å². The third-order valence-electron chi connectivity index (χ3n) is 5.39. The Balaban J connectivity index is 1.89. The first-order valence-corrected chi connectivity index (χ1v) is 10.9. The normalized spacial score (nSPS) is 18.2. The minimum Gasteiger partial charge on any atom is -0.342 e. The molecule has 1 aliphatic heterocycles. The van der Waals surface area contributed by atoms with Crippen LogP contribution in [0.5, 0.6) is 0 Å². The van der Waals surface area contributed by atoms with Crippen LogP contribution >= 0.6 is 0 Å². The molecular formula is C20H16F7N3O2S. The molecule has 3 aromatic rings. The number of hydrogen-bond acceptors (Lipinski definition) is 4. The zero-order valence-corrected chi connectivity index (χ0v) is 17.7. The molecule has 1 fully saturated rings. The Bertz CT molecular complexity index is 1300. The van der Waals surface area contributed by atoms with E-state index in [0.29, 0.717) is 15.9 Å². The highest BCUT2D eigenvalue weighted by molar-refractivity contribution is 7.90. The van der Waals surface area contributed by atoms with Crippen LogP contribution in [-0.2, 0) is 22.6 Å². The van der Waals surface area contributed by atoms with Gasteiger partial charge in [0.1, 0.15) is 6.67 Å². The smallest absolute Gasteiger partial charge is 0.329 e. The lowest BCUT2D eigenvalue weighted by Gasteiger charge is -2.14. The van der Waals surface area contributed by atoms with Gasteiger partial charge in [-0.25, -0.2) is 13.2 Å². The summed E-state index contributed by atoms with van der Waals surface area (Å²) in [5.74, 6) is -12.6. The van der Waals surface area contributed by atoms with Gasteiger partial charge in [0.05, 0.1) is 28.9 Å². The number of halogens is 7. The third-order valence-corrected chi connectivity index (χ3v) is 6.99. The molecule has 0 N–H and O–H groups in total. The van der Waals surface area contributed by atoms with Crippen LogP contribution in [0, 0.1) is 0 Å². The molecule has 13 heteroatoms. The molecule has 0 radical (unpaired) electrons. The molecule has 0 amide bonds. The van der Waals surface area contributed by atoms with Crippen LogP contribution in [0.2, 0.25) is 0 Å². The first-order chi connectivity index (χ1) is 15.2. The number of nitrogens with zero attached hydrogens (tertiary/aromatic N) is 3. The minimum atomic E-state index is -4.58. The standard InChI is InChI=1S/C20H16F7N3O2S/c1-18(22,23)13-5-7-14(8-6-13)33(31,32)30-15-4-2-3-12(9-21)16(15)17(28-30)29-10-19(24,25)20(26,27)11-29/h2-8H,9-11H2,1H3. The highest BCUT2D eigenvalue weighted by Gasteiger charge is 2.63. The highest BCUT2D eigenvalue weighted by atomic mass is 32.2. The van der Waals surface area contributed by atoms with Gasteiger partial charge >= 0.3 is 11.8 Å². The maximum Gasteiger partial charge on any atom is 0.329 e. The van der Waals surface area contributed by atoms with E-state index in [1.165, 1.54) is 18.2 Å². The number of benzene rings is 2. The summed E-state index contributed by atoms with van der Waals surface area (Å²) in [5.41, 5.74) is -0.819. The van der Waals surface area contributed by atoms with Gasteiger partial charge < -0.3 is 4.90 Å². The molecule has 0 saturated carbocycles. The Morgan fingerprint density at radius 2 is 1.58 bits per heavy atom. The summed E-state index contributed by atoms with van der Waals surface area (Å²) in [6.45, 7) is -3.42. The second-order valence-electron chi connectivity index (χ2n) is 7.79. The van der Waals surface area contributed by atoms with Crippen LogP contribution in [0.15, 0.2) is 47.4 Å². The summed E-state index contributed by atoms with van der Waals surface area (Å²) < 4.78 is 123. The van der Waals surface area contributed by atoms with Gasteiger partial charge in [-0.2, -0.15) is 30.1 Å². The van der Waals surface area contributed by atoms with Crippen molar-refractivity contribution in [3.05, 3.63) is 53.6 Å². The molecule has 1 aliphatic rings. The minimum absolute atomic E-state index is 0.136. The lowest BCUT2D eigenvalue weighted by molar-refractivity contribution is -0.172. The van der Waals surface area contributed by atoms with Crippen molar-refractivity contribution in [2.75, 3.05) is 18.0 Å². The fourth-order valence-corrected chi connectivity index (χ4v) is 4.92. The van der Waals surface area contributed by atoms with Crippen molar-refractivity contribution in [3.63, 3.8) is 0 Å². The van der Waals surface area contributed by atoms with E-state index < -0.39 is 63.8 Å². The first-order valence-electron chi connectivity index (χ1n) is 9.50. The molecule has 0 atom stereocenters. The van der Waals surface area contributed by atoms with E-state index in [4.69, 9.17) is 0 Å². The van der Waals surface area contributed by atoms with E-state index in [9.17, 15) is 39.2 Å². The SMILES string of the molecule is CC(F)(F)c1ccc(S(=O)(=O)n2nc(N3CC(F)(F)C(F)(F)C3)c3c(CF)cccc32)cc1. The average Bonchev–Trinajstić information content (AvgIpc) is 3.22. The van der Waals surface area contributed by atoms with Crippen molar-refractivity contribution in [1.29, 1.82) is 0 Å². The number of anilines is 1. The molecule has 0 spiro atoms. The van der Waals surface area contributed by atoms with Gasteiger partial charge in [0.15, 0.2) is 5.82 Å². The molecule has 0 aliphatic carbocycles. The molecular weight excluding hydrogens is 479 g/mol. The Kier molecular flexibility index (Phi) is 5.19. The highest BCUT2D eigenvalue weighted by Crippen LogP contribution is 2.44. The van der Waals surface area contributed by atoms with Crippen LogP contribution in [-0.4, -0.2) is 42.5 Å². The second-order valence-corrected chi connectivity index (χ2v) is 9.56. The van der Waals surface area contributed by atoms with Gasteiger partial charge in [-0.15, -0.1) is 5.10 Å². The number of hydrogen-bond donors (Lipinski definition) is 0. The topological polar surface area (TPSA) is 55.2 Å². The van der Waals surface area contributed by atoms with E-state index in [2.05, 4.69) is 5.10 Å². The lowest BCUT2D eigenvalue weighted by atomic mass is 10.1. The lowest BCUT2D eigenvalue weighted by Crippen LogP contribution is -2.38. The molecule has 1 aromatic heterocycles. The van der Waals surface area contributed by atoms with Gasteiger partial charge in [0.25, 0.3) is 15.9 Å². The fraction of sp³-hybridized carbons (Fsp3) is 0.350. The molecule has 2 heterocycles. The summed E-state index contributed by atoms with van der Waals surface area (Å²) >= 11 is 0. The van der Waals surface area contributed by atoms with E-state index in [-0.39, 0.29) is 16.5 Å². The number of alkyl halides is 7. The Morgan fingerprint density at radius 1 is 1.00 bits per heavy atom. The molecule has 33 heavy (non-hydrogen) atoms. The number of fused-ring (bicyclic) bond motifs is 1. The Hall–Kier alpha value is -2.83. The first kappa shape index (κ1) is 23.3. The summed E-state index contributed by atoms with van der Waals surface area (Å²) in [6, 6.07) is 7.36. The molecule has 1 saturated heterocycles. The van der Waals surface area contributed by atoms with Gasteiger partial charge in [-0.1, -0.05) is 24.3 Å². The van der Waals surface area contributed by atoms with Crippen molar-refractivity contribution in [2.45, 2.75) is 36.3 Å². The molecule has 0 bridgehead atoms. The molecule has 2 aromatic carbocycles. The van der Waals surface area contributed by atoms with Crippen LogP contribution in [0.1, 0.15) is 18.1 Å². The van der Waals surface area contributed by atoms with Crippen LogP contribution < -0.4 is 4.90 Å². The predicted molar refractivity (Wildman–Crippen MR) is 105 cm³/mol. The van der Waals surface area contributed by atoms with E-state index >= 15 is 0 Å². The molecule has 178 valence electrons. The maximum absolute atomic E-state index is 13.8. The third kappa shape index (κ3) is 3.71. The summed E-state index contributed by atoms with van der Waals surface area (Å²) in [5, 5.41) is 3.59. The second kappa shape index (κ2) is 7.34. The van der Waals surface area contributed by atoms with Crippen LogP contribution in [0.4, 0.5) is 36.6 Å². The Morgan fingerprint density at radius 3 is 2.09 bits per heavy atom. The molecule has 4 rings (SSSR count). The maximum atomic E-state index is 13.8. The van der Waals surface area contributed by atoms with Gasteiger partial charge in [-0.3, -0.25) is 0 Å².